The maximum absolute atomic E-state index is 10.6. The molecule has 0 saturated carbocycles. The van der Waals surface area contributed by atoms with Crippen LogP contribution in [0.5, 0.6) is 5.75 Å². The quantitative estimate of drug-likeness (QED) is 0.795. The second kappa shape index (κ2) is 4.43. The summed E-state index contributed by atoms with van der Waals surface area (Å²) >= 11 is 3.24. The predicted molar refractivity (Wildman–Crippen MR) is 51.3 cm³/mol. The third-order valence-electron chi connectivity index (χ3n) is 1.86. The number of carboxylic acid groups (broad SMARTS) is 1. The fourth-order valence-electron chi connectivity index (χ4n) is 1.04. The highest BCUT2D eigenvalue weighted by Crippen LogP contribution is 2.25. The molecule has 1 rings (SSSR count). The van der Waals surface area contributed by atoms with Gasteiger partial charge >= 0.3 is 0 Å². The van der Waals surface area contributed by atoms with E-state index in [2.05, 4.69) is 21.7 Å². The Morgan fingerprint density at radius 3 is 2.79 bits per heavy atom. The van der Waals surface area contributed by atoms with Gasteiger partial charge in [-0.3, -0.25) is 0 Å². The molecule has 0 bridgehead atoms. The molecule has 0 spiro atoms. The Labute approximate surface area is 89.8 Å². The molecular formula is C9H10BrNO3. The smallest absolute Gasteiger partial charge is 0.151 e. The Balaban J connectivity index is 3.11. The zero-order valence-corrected chi connectivity index (χ0v) is 9.21. The zero-order valence-electron chi connectivity index (χ0n) is 7.62. The van der Waals surface area contributed by atoms with Gasteiger partial charge < -0.3 is 20.4 Å². The molecule has 0 unspecified atom stereocenters. The molecule has 14 heavy (non-hydrogen) atoms. The summed E-state index contributed by atoms with van der Waals surface area (Å²) in [7, 11) is 1.52. The second-order valence-corrected chi connectivity index (χ2v) is 3.61. The van der Waals surface area contributed by atoms with Gasteiger partial charge in [-0.1, -0.05) is 15.9 Å². The first-order valence-electron chi connectivity index (χ1n) is 3.93. The van der Waals surface area contributed by atoms with Gasteiger partial charge in [0.1, 0.15) is 11.7 Å². The van der Waals surface area contributed by atoms with Crippen LogP contribution in [0.4, 0.5) is 0 Å². The maximum Gasteiger partial charge on any atom is 0.151 e. The minimum Gasteiger partial charge on any atom is -0.544 e. The van der Waals surface area contributed by atoms with Crippen molar-refractivity contribution in [2.75, 3.05) is 7.11 Å². The number of hydrogen-bond acceptors (Lipinski definition) is 3. The summed E-state index contributed by atoms with van der Waals surface area (Å²) in [4.78, 5) is 10.6. The molecule has 1 aromatic carbocycles. The fourth-order valence-corrected chi connectivity index (χ4v) is 1.57. The first kappa shape index (κ1) is 11.0. The van der Waals surface area contributed by atoms with E-state index in [0.29, 0.717) is 15.8 Å². The predicted octanol–water partition coefficient (Wildman–Crippen LogP) is -0.509. The molecular weight excluding hydrogens is 250 g/mol. The lowest BCUT2D eigenvalue weighted by molar-refractivity contribution is -0.443. The number of rotatable bonds is 3. The molecule has 0 amide bonds. The Hall–Kier alpha value is -1.07. The maximum atomic E-state index is 10.6. The lowest BCUT2D eigenvalue weighted by atomic mass is 10.1. The van der Waals surface area contributed by atoms with Gasteiger partial charge in [0, 0.05) is 10.0 Å². The van der Waals surface area contributed by atoms with Crippen LogP contribution in [-0.4, -0.2) is 13.1 Å². The lowest BCUT2D eigenvalue weighted by Gasteiger charge is -2.12. The Morgan fingerprint density at radius 2 is 2.29 bits per heavy atom. The van der Waals surface area contributed by atoms with Gasteiger partial charge in [0.15, 0.2) is 6.04 Å². The van der Waals surface area contributed by atoms with Crippen molar-refractivity contribution >= 4 is 21.9 Å². The van der Waals surface area contributed by atoms with Crippen LogP contribution in [0.1, 0.15) is 11.6 Å². The molecule has 3 N–H and O–H groups in total. The molecule has 0 aliphatic heterocycles. The molecule has 76 valence electrons. The molecule has 1 atom stereocenters. The Bertz CT molecular complexity index is 354. The summed E-state index contributed by atoms with van der Waals surface area (Å²) in [6.45, 7) is 0. The molecule has 4 nitrogen and oxygen atoms in total. The van der Waals surface area contributed by atoms with Crippen molar-refractivity contribution in [3.05, 3.63) is 28.2 Å². The summed E-state index contributed by atoms with van der Waals surface area (Å²) in [5, 5.41) is 10.6. The number of methoxy groups -OCH3 is 1. The molecule has 0 heterocycles. The van der Waals surface area contributed by atoms with Crippen molar-refractivity contribution in [3.8, 4) is 5.75 Å². The Kier molecular flexibility index (Phi) is 3.49. The number of halogens is 1. The van der Waals surface area contributed by atoms with Gasteiger partial charge in [-0.2, -0.15) is 0 Å². The minimum atomic E-state index is -1.21. The van der Waals surface area contributed by atoms with Crippen molar-refractivity contribution in [2.45, 2.75) is 6.04 Å². The number of aliphatic carboxylic acids is 1. The molecule has 5 heteroatoms. The van der Waals surface area contributed by atoms with Gasteiger partial charge in [0.05, 0.1) is 7.11 Å². The highest BCUT2D eigenvalue weighted by Gasteiger charge is 2.15. The van der Waals surface area contributed by atoms with E-state index >= 15 is 0 Å². The largest absolute Gasteiger partial charge is 0.544 e. The first-order valence-corrected chi connectivity index (χ1v) is 4.73. The average molecular weight is 260 g/mol. The number of carbonyl (C=O) groups excluding carboxylic acids is 1. The Morgan fingerprint density at radius 1 is 1.64 bits per heavy atom. The van der Waals surface area contributed by atoms with Gasteiger partial charge in [-0.25, -0.2) is 0 Å². The van der Waals surface area contributed by atoms with Gasteiger partial charge in [-0.15, -0.1) is 0 Å². The van der Waals surface area contributed by atoms with Gasteiger partial charge in [0.2, 0.25) is 0 Å². The second-order valence-electron chi connectivity index (χ2n) is 2.76. The van der Waals surface area contributed by atoms with Crippen LogP contribution < -0.4 is 15.6 Å². The standard InChI is InChI=1S/C9H10BrNO3/c1-14-5-2-3-7(10)6(4-5)8(11)9(12)13/h2-4,8H,11H2,1H3,(H,12,13)/t8-/m1/s1. The van der Waals surface area contributed by atoms with E-state index in [4.69, 9.17) is 4.74 Å². The summed E-state index contributed by atoms with van der Waals surface area (Å²) in [5.41, 5.74) is 4.04. The number of benzene rings is 1. The van der Waals surface area contributed by atoms with Crippen LogP contribution in [0.2, 0.25) is 0 Å². The summed E-state index contributed by atoms with van der Waals surface area (Å²) in [6.07, 6.45) is 0. The van der Waals surface area contributed by atoms with E-state index < -0.39 is 12.0 Å². The van der Waals surface area contributed by atoms with Crippen molar-refractivity contribution < 1.29 is 20.4 Å². The van der Waals surface area contributed by atoms with Gasteiger partial charge in [-0.05, 0) is 18.2 Å². The van der Waals surface area contributed by atoms with Crippen LogP contribution in [-0.2, 0) is 4.79 Å². The number of hydrogen-bond donors (Lipinski definition) is 1. The first-order chi connectivity index (χ1) is 6.56. The molecule has 0 saturated heterocycles. The van der Waals surface area contributed by atoms with Crippen molar-refractivity contribution in [1.82, 2.24) is 0 Å². The molecule has 0 aliphatic rings. The summed E-state index contributed by atoms with van der Waals surface area (Å²) in [6, 6.07) is 4.17. The average Bonchev–Trinajstić information content (AvgIpc) is 2.17. The van der Waals surface area contributed by atoms with Crippen LogP contribution in [0.25, 0.3) is 0 Å². The van der Waals surface area contributed by atoms with E-state index in [1.807, 2.05) is 0 Å². The monoisotopic (exact) mass is 259 g/mol. The van der Waals surface area contributed by atoms with Crippen LogP contribution in [0, 0.1) is 0 Å². The topological polar surface area (TPSA) is 77.0 Å². The summed E-state index contributed by atoms with van der Waals surface area (Å²) in [5.74, 6) is -0.614. The van der Waals surface area contributed by atoms with Crippen LogP contribution in [0.15, 0.2) is 22.7 Å². The number of ether oxygens (including phenoxy) is 1. The lowest BCUT2D eigenvalue weighted by Crippen LogP contribution is -2.61. The number of quaternary nitrogens is 1. The van der Waals surface area contributed by atoms with Gasteiger partial charge in [0.25, 0.3) is 0 Å². The highest BCUT2D eigenvalue weighted by molar-refractivity contribution is 9.10. The summed E-state index contributed by atoms with van der Waals surface area (Å²) < 4.78 is 5.66. The molecule has 0 aliphatic carbocycles. The molecule has 1 aromatic rings. The van der Waals surface area contributed by atoms with Crippen molar-refractivity contribution in [1.29, 1.82) is 0 Å². The van der Waals surface area contributed by atoms with Crippen molar-refractivity contribution in [3.63, 3.8) is 0 Å². The van der Waals surface area contributed by atoms with Crippen LogP contribution >= 0.6 is 15.9 Å². The SMILES string of the molecule is COc1ccc(Br)c([C@@H]([NH3+])C(=O)[O-])c1. The van der Waals surface area contributed by atoms with E-state index in [0.717, 1.165) is 0 Å². The normalized spacial score (nSPS) is 12.2. The molecule has 0 fully saturated rings. The van der Waals surface area contributed by atoms with E-state index in [-0.39, 0.29) is 0 Å². The fraction of sp³-hybridized carbons (Fsp3) is 0.222. The third-order valence-corrected chi connectivity index (χ3v) is 2.59. The number of carboxylic acids is 1. The number of carbonyl (C=O) groups is 1. The molecule has 0 radical (unpaired) electrons. The zero-order chi connectivity index (χ0) is 10.7. The highest BCUT2D eigenvalue weighted by atomic mass is 79.9. The van der Waals surface area contributed by atoms with E-state index in [1.54, 1.807) is 18.2 Å². The van der Waals surface area contributed by atoms with E-state index in [9.17, 15) is 9.90 Å². The minimum absolute atomic E-state index is 0.546. The molecule has 0 aromatic heterocycles. The van der Waals surface area contributed by atoms with E-state index in [1.165, 1.54) is 7.11 Å². The third kappa shape index (κ3) is 2.24. The van der Waals surface area contributed by atoms with Crippen molar-refractivity contribution in [2.24, 2.45) is 0 Å². The van der Waals surface area contributed by atoms with Crippen LogP contribution in [0.3, 0.4) is 0 Å².